The Balaban J connectivity index is 1.52. The summed E-state index contributed by atoms with van der Waals surface area (Å²) in [6.07, 6.45) is 2.43. The molecule has 0 saturated carbocycles. The van der Waals surface area contributed by atoms with Crippen LogP contribution in [0, 0.1) is 0 Å². The Hall–Kier alpha value is -2.29. The lowest BCUT2D eigenvalue weighted by molar-refractivity contribution is -0.122. The van der Waals surface area contributed by atoms with Crippen LogP contribution >= 0.6 is 35.0 Å². The number of hydrogen-bond acceptors (Lipinski definition) is 5. The molecule has 0 saturated heterocycles. The van der Waals surface area contributed by atoms with Gasteiger partial charge < -0.3 is 10.6 Å². The number of para-hydroxylation sites is 1. The molecule has 2 amide bonds. The number of nitrogens with one attached hydrogen (secondary N) is 2. The van der Waals surface area contributed by atoms with Crippen molar-refractivity contribution in [2.75, 3.05) is 17.6 Å². The first-order valence-electron chi connectivity index (χ1n) is 8.45. The number of rotatable bonds is 7. The van der Waals surface area contributed by atoms with Crippen molar-refractivity contribution in [3.8, 4) is 0 Å². The Bertz CT molecular complexity index is 1020. The zero-order chi connectivity index (χ0) is 20.1. The molecule has 146 valence electrons. The Morgan fingerprint density at radius 1 is 1.18 bits per heavy atom. The van der Waals surface area contributed by atoms with E-state index in [0.29, 0.717) is 20.8 Å². The van der Waals surface area contributed by atoms with Gasteiger partial charge in [0.25, 0.3) is 0 Å². The van der Waals surface area contributed by atoms with Gasteiger partial charge in [-0.3, -0.25) is 14.0 Å². The molecule has 0 aliphatic rings. The predicted molar refractivity (Wildman–Crippen MR) is 111 cm³/mol. The Labute approximate surface area is 175 Å². The molecule has 0 bridgehead atoms. The summed E-state index contributed by atoms with van der Waals surface area (Å²) in [6, 6.07) is 9.13. The summed E-state index contributed by atoms with van der Waals surface area (Å²) in [4.78, 5) is 24.1. The molecule has 0 spiro atoms. The van der Waals surface area contributed by atoms with Crippen molar-refractivity contribution in [2.45, 2.75) is 18.5 Å². The van der Waals surface area contributed by atoms with Crippen LogP contribution in [-0.4, -0.2) is 38.7 Å². The summed E-state index contributed by atoms with van der Waals surface area (Å²) in [5.41, 5.74) is 2.25. The van der Waals surface area contributed by atoms with Gasteiger partial charge in [0.15, 0.2) is 10.8 Å². The summed E-state index contributed by atoms with van der Waals surface area (Å²) in [5.74, 6) is -0.511. The van der Waals surface area contributed by atoms with E-state index in [1.54, 1.807) is 16.7 Å². The first kappa shape index (κ1) is 20.4. The summed E-state index contributed by atoms with van der Waals surface area (Å²) < 4.78 is 1.62. The van der Waals surface area contributed by atoms with E-state index < -0.39 is 0 Å². The summed E-state index contributed by atoms with van der Waals surface area (Å²) in [5, 5.41) is 14.7. The molecule has 0 atom stereocenters. The number of pyridine rings is 1. The molecule has 0 unspecified atom stereocenters. The van der Waals surface area contributed by atoms with E-state index in [-0.39, 0.29) is 24.1 Å². The van der Waals surface area contributed by atoms with E-state index in [1.807, 2.05) is 31.2 Å². The highest BCUT2D eigenvalue weighted by Gasteiger charge is 2.13. The van der Waals surface area contributed by atoms with Crippen molar-refractivity contribution >= 4 is 58.1 Å². The van der Waals surface area contributed by atoms with Crippen molar-refractivity contribution in [3.05, 3.63) is 52.1 Å². The van der Waals surface area contributed by atoms with Crippen LogP contribution in [0.5, 0.6) is 0 Å². The Kier molecular flexibility index (Phi) is 6.77. The molecule has 0 aliphatic heterocycles. The summed E-state index contributed by atoms with van der Waals surface area (Å²) in [7, 11) is 0. The second-order valence-corrected chi connectivity index (χ2v) is 7.59. The van der Waals surface area contributed by atoms with Crippen LogP contribution in [0.25, 0.3) is 5.65 Å². The van der Waals surface area contributed by atoms with E-state index in [1.165, 1.54) is 11.8 Å². The minimum atomic E-state index is -0.297. The fourth-order valence-electron chi connectivity index (χ4n) is 2.51. The van der Waals surface area contributed by atoms with Crippen LogP contribution in [-0.2, 0) is 16.0 Å². The van der Waals surface area contributed by atoms with Gasteiger partial charge in [-0.05, 0) is 24.1 Å². The van der Waals surface area contributed by atoms with Crippen molar-refractivity contribution in [3.63, 3.8) is 0 Å². The number of halogens is 2. The number of anilines is 1. The van der Waals surface area contributed by atoms with E-state index in [4.69, 9.17) is 23.2 Å². The molecular formula is C18H17Cl2N5O2S. The highest BCUT2D eigenvalue weighted by atomic mass is 35.5. The third-order valence-electron chi connectivity index (χ3n) is 3.85. The topological polar surface area (TPSA) is 88.4 Å². The van der Waals surface area contributed by atoms with Gasteiger partial charge in [0.2, 0.25) is 11.8 Å². The average Bonchev–Trinajstić information content (AvgIpc) is 3.08. The number of carbonyl (C=O) groups is 2. The molecule has 2 N–H and O–H groups in total. The molecule has 2 aromatic heterocycles. The normalized spacial score (nSPS) is 10.8. The lowest BCUT2D eigenvalue weighted by Gasteiger charge is -2.10. The van der Waals surface area contributed by atoms with Crippen molar-refractivity contribution in [1.29, 1.82) is 0 Å². The van der Waals surface area contributed by atoms with Gasteiger partial charge in [-0.15, -0.1) is 10.2 Å². The predicted octanol–water partition coefficient (Wildman–Crippen LogP) is 3.45. The molecule has 28 heavy (non-hydrogen) atoms. The molecular weight excluding hydrogens is 421 g/mol. The minimum absolute atomic E-state index is 0.0732. The van der Waals surface area contributed by atoms with Crippen LogP contribution in [0.15, 0.2) is 41.7 Å². The van der Waals surface area contributed by atoms with E-state index >= 15 is 0 Å². The van der Waals surface area contributed by atoms with Crippen molar-refractivity contribution < 1.29 is 9.59 Å². The maximum atomic E-state index is 12.1. The third-order valence-corrected chi connectivity index (χ3v) is 5.27. The fraction of sp³-hybridized carbons (Fsp3) is 0.222. The van der Waals surface area contributed by atoms with Gasteiger partial charge in [-0.1, -0.05) is 60.1 Å². The largest absolute Gasteiger partial charge is 0.346 e. The lowest BCUT2D eigenvalue weighted by atomic mass is 10.1. The fourth-order valence-corrected chi connectivity index (χ4v) is 3.75. The van der Waals surface area contributed by atoms with Gasteiger partial charge in [0, 0.05) is 11.9 Å². The first-order valence-corrected chi connectivity index (χ1v) is 10.2. The van der Waals surface area contributed by atoms with Gasteiger partial charge in [-0.25, -0.2) is 0 Å². The number of aryl methyl sites for hydroxylation is 1. The van der Waals surface area contributed by atoms with E-state index in [0.717, 1.165) is 17.7 Å². The summed E-state index contributed by atoms with van der Waals surface area (Å²) in [6.45, 7) is 1.90. The molecule has 0 radical (unpaired) electrons. The molecule has 0 aliphatic carbocycles. The van der Waals surface area contributed by atoms with E-state index in [9.17, 15) is 9.59 Å². The second kappa shape index (κ2) is 9.27. The number of amides is 2. The quantitative estimate of drug-likeness (QED) is 0.552. The molecule has 0 fully saturated rings. The number of hydrogen-bond donors (Lipinski definition) is 2. The number of thioether (sulfide) groups is 1. The summed E-state index contributed by atoms with van der Waals surface area (Å²) >= 11 is 13.2. The zero-order valence-electron chi connectivity index (χ0n) is 14.9. The highest BCUT2D eigenvalue weighted by Crippen LogP contribution is 2.25. The van der Waals surface area contributed by atoms with Crippen molar-refractivity contribution in [2.24, 2.45) is 0 Å². The van der Waals surface area contributed by atoms with E-state index in [2.05, 4.69) is 20.8 Å². The molecule has 3 aromatic rings. The third kappa shape index (κ3) is 4.95. The van der Waals surface area contributed by atoms with Crippen LogP contribution < -0.4 is 10.6 Å². The minimum Gasteiger partial charge on any atom is -0.346 e. The van der Waals surface area contributed by atoms with Crippen molar-refractivity contribution in [1.82, 2.24) is 19.9 Å². The number of nitrogens with zero attached hydrogens (tertiary/aromatic N) is 3. The van der Waals surface area contributed by atoms with Gasteiger partial charge >= 0.3 is 0 Å². The van der Waals surface area contributed by atoms with Crippen LogP contribution in [0.3, 0.4) is 0 Å². The molecule has 10 heteroatoms. The first-order chi connectivity index (χ1) is 13.5. The Morgan fingerprint density at radius 3 is 2.75 bits per heavy atom. The van der Waals surface area contributed by atoms with Crippen LogP contribution in [0.2, 0.25) is 10.0 Å². The SMILES string of the molecule is CCc1ccccc1NC(=O)CNC(=O)CSc1nnc2c(Cl)cc(Cl)cn12. The molecule has 7 nitrogen and oxygen atoms in total. The maximum Gasteiger partial charge on any atom is 0.243 e. The number of benzene rings is 1. The highest BCUT2D eigenvalue weighted by molar-refractivity contribution is 7.99. The van der Waals surface area contributed by atoms with Crippen LogP contribution in [0.4, 0.5) is 5.69 Å². The van der Waals surface area contributed by atoms with Gasteiger partial charge in [0.1, 0.15) is 0 Å². The molecule has 1 aromatic carbocycles. The lowest BCUT2D eigenvalue weighted by Crippen LogP contribution is -2.34. The monoisotopic (exact) mass is 437 g/mol. The maximum absolute atomic E-state index is 12.1. The van der Waals surface area contributed by atoms with Gasteiger partial charge in [-0.2, -0.15) is 0 Å². The number of carbonyl (C=O) groups excluding carboxylic acids is 2. The Morgan fingerprint density at radius 2 is 1.96 bits per heavy atom. The number of fused-ring (bicyclic) bond motifs is 1. The smallest absolute Gasteiger partial charge is 0.243 e. The molecule has 2 heterocycles. The van der Waals surface area contributed by atoms with Crippen LogP contribution in [0.1, 0.15) is 12.5 Å². The average molecular weight is 438 g/mol. The number of aromatic nitrogens is 3. The standard InChI is InChI=1S/C18H17Cl2N5O2S/c1-2-11-5-3-4-6-14(11)22-15(26)8-21-16(27)10-28-18-24-23-17-13(20)7-12(19)9-25(17)18/h3-7,9H,2,8,10H2,1H3,(H,21,27)(H,22,26). The molecule has 3 rings (SSSR count). The second-order valence-electron chi connectivity index (χ2n) is 5.81. The zero-order valence-corrected chi connectivity index (χ0v) is 17.2. The van der Waals surface area contributed by atoms with Gasteiger partial charge in [0.05, 0.1) is 22.3 Å².